The van der Waals surface area contributed by atoms with Crippen LogP contribution in [-0.4, -0.2) is 37.0 Å². The van der Waals surface area contributed by atoms with E-state index in [1.54, 1.807) is 39.7 Å². The van der Waals surface area contributed by atoms with Gasteiger partial charge in [-0.25, -0.2) is 0 Å². The van der Waals surface area contributed by atoms with Gasteiger partial charge in [0.2, 0.25) is 5.91 Å². The van der Waals surface area contributed by atoms with Crippen molar-refractivity contribution in [3.05, 3.63) is 35.1 Å². The molecule has 2 rings (SSSR count). The molecule has 1 aromatic heterocycles. The summed E-state index contributed by atoms with van der Waals surface area (Å²) in [6.07, 6.45) is 3.06. The molecule has 0 aliphatic rings. The van der Waals surface area contributed by atoms with Crippen molar-refractivity contribution in [3.8, 4) is 17.2 Å². The highest BCUT2D eigenvalue weighted by molar-refractivity contribution is 6.30. The van der Waals surface area contributed by atoms with Gasteiger partial charge in [0, 0.05) is 24.4 Å². The fourth-order valence-corrected chi connectivity index (χ4v) is 2.21. The number of halogens is 1. The van der Waals surface area contributed by atoms with Crippen LogP contribution in [0.2, 0.25) is 5.02 Å². The van der Waals surface area contributed by atoms with E-state index in [1.807, 2.05) is 0 Å². The number of ether oxygens (including phenoxy) is 3. The summed E-state index contributed by atoms with van der Waals surface area (Å²) in [6, 6.07) is 3.48. The normalized spacial score (nSPS) is 10.3. The second-order valence-electron chi connectivity index (χ2n) is 4.65. The number of hydrogen-bond donors (Lipinski definition) is 1. The average molecular weight is 340 g/mol. The van der Waals surface area contributed by atoms with Crippen LogP contribution >= 0.6 is 11.6 Å². The summed E-state index contributed by atoms with van der Waals surface area (Å²) in [7, 11) is 4.65. The highest BCUT2D eigenvalue weighted by Gasteiger charge is 2.13. The Hall–Kier alpha value is -2.41. The van der Waals surface area contributed by atoms with Crippen LogP contribution in [0.3, 0.4) is 0 Å². The predicted octanol–water partition coefficient (Wildman–Crippen LogP) is 1.88. The van der Waals surface area contributed by atoms with Crippen LogP contribution in [0.1, 0.15) is 5.56 Å². The third kappa shape index (κ3) is 4.29. The lowest BCUT2D eigenvalue weighted by molar-refractivity contribution is -0.122. The molecule has 0 aliphatic heterocycles. The Bertz CT molecular complexity index is 687. The quantitative estimate of drug-likeness (QED) is 0.833. The highest BCUT2D eigenvalue weighted by Crippen LogP contribution is 2.34. The zero-order valence-electron chi connectivity index (χ0n) is 13.1. The molecular formula is C15H18ClN3O4. The van der Waals surface area contributed by atoms with Gasteiger partial charge in [0.05, 0.1) is 32.5 Å². The molecule has 23 heavy (non-hydrogen) atoms. The minimum Gasteiger partial charge on any atom is -0.496 e. The van der Waals surface area contributed by atoms with Crippen LogP contribution in [-0.2, 0) is 17.9 Å². The number of methoxy groups -OCH3 is 3. The summed E-state index contributed by atoms with van der Waals surface area (Å²) in [5.74, 6) is 1.54. The molecule has 1 amide bonds. The van der Waals surface area contributed by atoms with Crippen molar-refractivity contribution in [3.63, 3.8) is 0 Å². The minimum absolute atomic E-state index is 0.0856. The van der Waals surface area contributed by atoms with E-state index < -0.39 is 0 Å². The van der Waals surface area contributed by atoms with Gasteiger partial charge in [-0.1, -0.05) is 11.6 Å². The molecule has 0 aliphatic carbocycles. The Morgan fingerprint density at radius 3 is 2.39 bits per heavy atom. The maximum absolute atomic E-state index is 12.0. The van der Waals surface area contributed by atoms with Gasteiger partial charge in [0.25, 0.3) is 0 Å². The van der Waals surface area contributed by atoms with Crippen molar-refractivity contribution in [2.75, 3.05) is 21.3 Å². The van der Waals surface area contributed by atoms with Crippen molar-refractivity contribution >= 4 is 17.5 Å². The first-order valence-electron chi connectivity index (χ1n) is 6.81. The van der Waals surface area contributed by atoms with E-state index in [9.17, 15) is 4.79 Å². The van der Waals surface area contributed by atoms with Gasteiger partial charge in [0.15, 0.2) is 11.5 Å². The van der Waals surface area contributed by atoms with Gasteiger partial charge in [0.1, 0.15) is 12.3 Å². The summed E-state index contributed by atoms with van der Waals surface area (Å²) in [4.78, 5) is 12.0. The van der Waals surface area contributed by atoms with Crippen molar-refractivity contribution in [2.45, 2.75) is 13.1 Å². The largest absolute Gasteiger partial charge is 0.496 e. The van der Waals surface area contributed by atoms with E-state index in [-0.39, 0.29) is 19.0 Å². The minimum atomic E-state index is -0.193. The van der Waals surface area contributed by atoms with E-state index in [2.05, 4.69) is 10.4 Å². The van der Waals surface area contributed by atoms with Crippen molar-refractivity contribution in [2.24, 2.45) is 0 Å². The van der Waals surface area contributed by atoms with Gasteiger partial charge >= 0.3 is 0 Å². The van der Waals surface area contributed by atoms with Crippen molar-refractivity contribution in [1.29, 1.82) is 0 Å². The third-order valence-corrected chi connectivity index (χ3v) is 3.37. The molecular weight excluding hydrogens is 322 g/mol. The summed E-state index contributed by atoms with van der Waals surface area (Å²) in [5.41, 5.74) is 0.775. The van der Waals surface area contributed by atoms with E-state index in [4.69, 9.17) is 25.8 Å². The predicted molar refractivity (Wildman–Crippen MR) is 85.2 cm³/mol. The Labute approximate surface area is 139 Å². The second-order valence-corrected chi connectivity index (χ2v) is 5.09. The van der Waals surface area contributed by atoms with Gasteiger partial charge < -0.3 is 19.5 Å². The number of nitrogens with one attached hydrogen (secondary N) is 1. The maximum atomic E-state index is 12.0. The van der Waals surface area contributed by atoms with Gasteiger partial charge in [-0.15, -0.1) is 0 Å². The Morgan fingerprint density at radius 1 is 1.17 bits per heavy atom. The fourth-order valence-electron chi connectivity index (χ4n) is 2.05. The monoisotopic (exact) mass is 339 g/mol. The lowest BCUT2D eigenvalue weighted by Gasteiger charge is -2.14. The summed E-state index contributed by atoms with van der Waals surface area (Å²) in [6.45, 7) is 0.375. The van der Waals surface area contributed by atoms with Crippen LogP contribution in [0.4, 0.5) is 0 Å². The van der Waals surface area contributed by atoms with E-state index in [0.29, 0.717) is 22.3 Å². The van der Waals surface area contributed by atoms with Crippen LogP contribution in [0.15, 0.2) is 24.5 Å². The molecule has 0 saturated heterocycles. The lowest BCUT2D eigenvalue weighted by Crippen LogP contribution is -2.27. The van der Waals surface area contributed by atoms with Gasteiger partial charge in [-0.3, -0.25) is 9.48 Å². The standard InChI is InChI=1S/C15H18ClN3O4/c1-21-12-5-14(23-3)13(22-2)4-10(12)6-17-15(20)9-19-8-11(16)7-18-19/h4-5,7-8H,6,9H2,1-3H3,(H,17,20). The summed E-state index contributed by atoms with van der Waals surface area (Å²) >= 11 is 5.76. The van der Waals surface area contributed by atoms with E-state index >= 15 is 0 Å². The maximum Gasteiger partial charge on any atom is 0.242 e. The molecule has 0 saturated carbocycles. The number of carbonyl (C=O) groups is 1. The second kappa shape index (κ2) is 7.73. The van der Waals surface area contributed by atoms with Crippen LogP contribution in [0.5, 0.6) is 17.2 Å². The molecule has 0 atom stereocenters. The number of hydrogen-bond acceptors (Lipinski definition) is 5. The number of rotatable bonds is 7. The highest BCUT2D eigenvalue weighted by atomic mass is 35.5. The van der Waals surface area contributed by atoms with E-state index in [1.165, 1.54) is 10.9 Å². The molecule has 0 radical (unpaired) electrons. The number of carbonyl (C=O) groups excluding carboxylic acids is 1. The van der Waals surface area contributed by atoms with Gasteiger partial charge in [-0.05, 0) is 6.07 Å². The molecule has 1 heterocycles. The van der Waals surface area contributed by atoms with Crippen LogP contribution in [0.25, 0.3) is 0 Å². The van der Waals surface area contributed by atoms with Crippen LogP contribution < -0.4 is 19.5 Å². The Morgan fingerprint density at radius 2 is 1.83 bits per heavy atom. The lowest BCUT2D eigenvalue weighted by atomic mass is 10.1. The van der Waals surface area contributed by atoms with Crippen molar-refractivity contribution in [1.82, 2.24) is 15.1 Å². The summed E-state index contributed by atoms with van der Waals surface area (Å²) < 4.78 is 17.3. The number of aromatic nitrogens is 2. The molecule has 0 bridgehead atoms. The molecule has 124 valence electrons. The zero-order valence-corrected chi connectivity index (χ0v) is 13.9. The fraction of sp³-hybridized carbons (Fsp3) is 0.333. The van der Waals surface area contributed by atoms with Crippen molar-refractivity contribution < 1.29 is 19.0 Å². The smallest absolute Gasteiger partial charge is 0.242 e. The Balaban J connectivity index is 2.05. The number of amides is 1. The number of benzene rings is 1. The van der Waals surface area contributed by atoms with Crippen LogP contribution in [0, 0.1) is 0 Å². The average Bonchev–Trinajstić information content (AvgIpc) is 2.96. The van der Waals surface area contributed by atoms with Gasteiger partial charge in [-0.2, -0.15) is 5.10 Å². The molecule has 7 nitrogen and oxygen atoms in total. The molecule has 1 aromatic carbocycles. The SMILES string of the molecule is COc1cc(OC)c(OC)cc1CNC(=O)Cn1cc(Cl)cn1. The third-order valence-electron chi connectivity index (χ3n) is 3.17. The first-order chi connectivity index (χ1) is 11.1. The topological polar surface area (TPSA) is 74.6 Å². The molecule has 1 N–H and O–H groups in total. The molecule has 8 heteroatoms. The first-order valence-corrected chi connectivity index (χ1v) is 7.18. The first kappa shape index (κ1) is 17.0. The van der Waals surface area contributed by atoms with E-state index in [0.717, 1.165) is 5.56 Å². The molecule has 0 spiro atoms. The Kier molecular flexibility index (Phi) is 5.70. The molecule has 2 aromatic rings. The molecule has 0 fully saturated rings. The zero-order chi connectivity index (χ0) is 16.8. The number of nitrogens with zero attached hydrogens (tertiary/aromatic N) is 2. The molecule has 0 unspecified atom stereocenters. The summed E-state index contributed by atoms with van der Waals surface area (Å²) in [5, 5.41) is 7.24.